The average Bonchev–Trinajstić information content (AvgIpc) is 3.03. The predicted octanol–water partition coefficient (Wildman–Crippen LogP) is 0.961. The quantitative estimate of drug-likeness (QED) is 0.901. The van der Waals surface area contributed by atoms with Crippen molar-refractivity contribution in [1.29, 1.82) is 0 Å². The molecule has 0 aliphatic carbocycles. The maximum Gasteiger partial charge on any atom is 0.230 e. The fourth-order valence-corrected chi connectivity index (χ4v) is 3.29. The molecule has 2 bridgehead atoms. The minimum absolute atomic E-state index is 0.117. The molecule has 1 N–H and O–H groups in total. The second-order valence-electron chi connectivity index (χ2n) is 5.28. The molecule has 2 fully saturated rings. The van der Waals surface area contributed by atoms with E-state index in [9.17, 15) is 19.1 Å². The monoisotopic (exact) mass is 312 g/mol. The summed E-state index contributed by atoms with van der Waals surface area (Å²) in [4.78, 5) is 23.5. The summed E-state index contributed by atoms with van der Waals surface area (Å²) in [6.07, 6.45) is 0.396. The Balaban J connectivity index is 1.78. The van der Waals surface area contributed by atoms with Gasteiger partial charge in [0.15, 0.2) is 0 Å². The normalized spacial score (nSPS) is 30.4. The highest BCUT2D eigenvalue weighted by Gasteiger charge is 2.52. The lowest BCUT2D eigenvalue weighted by Crippen LogP contribution is -2.46. The molecule has 3 rings (SSSR count). The number of hydrogen-bond acceptors (Lipinski definition) is 4. The fraction of sp³-hybridized carbons (Fsp3) is 0.429. The predicted molar refractivity (Wildman–Crippen MR) is 69.9 cm³/mol. The van der Waals surface area contributed by atoms with Crippen molar-refractivity contribution >= 4 is 29.2 Å². The molecule has 112 valence electrons. The highest BCUT2D eigenvalue weighted by Crippen LogP contribution is 2.43. The fourth-order valence-electron chi connectivity index (χ4n) is 3.11. The van der Waals surface area contributed by atoms with E-state index in [4.69, 9.17) is 16.3 Å². The van der Waals surface area contributed by atoms with Crippen LogP contribution >= 0.6 is 11.6 Å². The summed E-state index contributed by atoms with van der Waals surface area (Å²) >= 11 is 5.64. The van der Waals surface area contributed by atoms with Gasteiger partial charge in [0.25, 0.3) is 0 Å². The lowest BCUT2D eigenvalue weighted by atomic mass is 9.78. The van der Waals surface area contributed by atoms with E-state index in [-0.39, 0.29) is 5.02 Å². The number of amides is 1. The molecule has 5 nitrogen and oxygen atoms in total. The van der Waals surface area contributed by atoms with E-state index in [0.29, 0.717) is 18.5 Å². The Kier molecular flexibility index (Phi) is 3.59. The van der Waals surface area contributed by atoms with Crippen molar-refractivity contribution in [3.05, 3.63) is 29.0 Å². The Bertz CT molecular complexity index is 609. The number of anilines is 1. The lowest BCUT2D eigenvalue weighted by Gasteiger charge is -2.27. The first kappa shape index (κ1) is 14.3. The van der Waals surface area contributed by atoms with Crippen molar-refractivity contribution in [2.24, 2.45) is 11.8 Å². The number of fused-ring (bicyclic) bond motifs is 2. The second kappa shape index (κ2) is 5.27. The van der Waals surface area contributed by atoms with Crippen LogP contribution in [0.1, 0.15) is 12.8 Å². The summed E-state index contributed by atoms with van der Waals surface area (Å²) in [5.74, 6) is -4.08. The summed E-state index contributed by atoms with van der Waals surface area (Å²) in [5.41, 5.74) is 0.311. The number of carbonyl (C=O) groups is 2. The number of hydrogen-bond donors (Lipinski definition) is 1. The van der Waals surface area contributed by atoms with Gasteiger partial charge in [0.2, 0.25) is 5.91 Å². The molecule has 7 heteroatoms. The second-order valence-corrected chi connectivity index (χ2v) is 5.69. The molecule has 2 aliphatic heterocycles. The highest BCUT2D eigenvalue weighted by atomic mass is 35.5. The number of carboxylic acid groups (broad SMARTS) is 1. The van der Waals surface area contributed by atoms with E-state index in [2.05, 4.69) is 5.32 Å². The van der Waals surface area contributed by atoms with Crippen LogP contribution in [0.5, 0.6) is 0 Å². The molecule has 4 atom stereocenters. The summed E-state index contributed by atoms with van der Waals surface area (Å²) in [5, 5.41) is 13.7. The van der Waals surface area contributed by atoms with E-state index in [1.807, 2.05) is 0 Å². The van der Waals surface area contributed by atoms with Crippen LogP contribution in [0.4, 0.5) is 10.1 Å². The van der Waals surface area contributed by atoms with Gasteiger partial charge in [0.05, 0.1) is 23.1 Å². The Hall–Kier alpha value is -1.66. The summed E-state index contributed by atoms with van der Waals surface area (Å²) in [7, 11) is 0. The number of rotatable bonds is 3. The third-order valence-corrected chi connectivity index (χ3v) is 4.32. The minimum Gasteiger partial charge on any atom is -0.550 e. The van der Waals surface area contributed by atoms with Gasteiger partial charge in [-0.2, -0.15) is 0 Å². The van der Waals surface area contributed by atoms with Gasteiger partial charge in [0.1, 0.15) is 5.82 Å². The zero-order valence-corrected chi connectivity index (χ0v) is 11.6. The van der Waals surface area contributed by atoms with Gasteiger partial charge in [-0.25, -0.2) is 4.39 Å². The average molecular weight is 313 g/mol. The number of halogens is 2. The smallest absolute Gasteiger partial charge is 0.230 e. The van der Waals surface area contributed by atoms with Gasteiger partial charge in [0, 0.05) is 17.6 Å². The van der Waals surface area contributed by atoms with Crippen LogP contribution in [0, 0.1) is 17.7 Å². The maximum atomic E-state index is 13.1. The van der Waals surface area contributed by atoms with E-state index in [1.165, 1.54) is 12.1 Å². The summed E-state index contributed by atoms with van der Waals surface area (Å²) in [6, 6.07) is 3.77. The first-order chi connectivity index (χ1) is 9.97. The molecular formula is C14H12ClFNO4-. The van der Waals surface area contributed by atoms with Crippen molar-refractivity contribution < 1.29 is 23.8 Å². The third kappa shape index (κ3) is 2.49. The highest BCUT2D eigenvalue weighted by molar-refractivity contribution is 6.31. The van der Waals surface area contributed by atoms with Crippen LogP contribution in [0.25, 0.3) is 0 Å². The van der Waals surface area contributed by atoms with Crippen LogP contribution in [0.2, 0.25) is 5.02 Å². The molecule has 0 spiro atoms. The SMILES string of the molecule is O=C([O-])[C@@H]1[C@H](C(=O)Nc2ccc(F)c(Cl)c2)[C@@H]2CC[C@H]1O2. The minimum atomic E-state index is -1.28. The third-order valence-electron chi connectivity index (χ3n) is 4.04. The Morgan fingerprint density at radius 2 is 1.95 bits per heavy atom. The lowest BCUT2D eigenvalue weighted by molar-refractivity contribution is -0.313. The van der Waals surface area contributed by atoms with Gasteiger partial charge in [-0.05, 0) is 31.0 Å². The van der Waals surface area contributed by atoms with Crippen molar-refractivity contribution in [1.82, 2.24) is 0 Å². The molecular weight excluding hydrogens is 301 g/mol. The van der Waals surface area contributed by atoms with Crippen LogP contribution in [-0.2, 0) is 14.3 Å². The molecule has 1 aromatic carbocycles. The van der Waals surface area contributed by atoms with Crippen LogP contribution in [-0.4, -0.2) is 24.1 Å². The van der Waals surface area contributed by atoms with E-state index < -0.39 is 41.7 Å². The molecule has 1 aromatic rings. The summed E-state index contributed by atoms with van der Waals surface area (Å²) < 4.78 is 18.6. The van der Waals surface area contributed by atoms with Crippen LogP contribution < -0.4 is 10.4 Å². The molecule has 2 aliphatic rings. The first-order valence-electron chi connectivity index (χ1n) is 6.59. The van der Waals surface area contributed by atoms with Gasteiger partial charge in [-0.1, -0.05) is 11.6 Å². The Morgan fingerprint density at radius 1 is 1.29 bits per heavy atom. The van der Waals surface area contributed by atoms with Gasteiger partial charge in [-0.15, -0.1) is 0 Å². The molecule has 1 amide bonds. The topological polar surface area (TPSA) is 78.5 Å². The molecule has 0 aromatic heterocycles. The van der Waals surface area contributed by atoms with Crippen LogP contribution in [0.3, 0.4) is 0 Å². The van der Waals surface area contributed by atoms with Crippen molar-refractivity contribution in [2.45, 2.75) is 25.0 Å². The van der Waals surface area contributed by atoms with Crippen molar-refractivity contribution in [3.63, 3.8) is 0 Å². The zero-order chi connectivity index (χ0) is 15.1. The molecule has 0 radical (unpaired) electrons. The zero-order valence-electron chi connectivity index (χ0n) is 10.8. The number of ether oxygens (including phenoxy) is 1. The molecule has 2 saturated heterocycles. The number of carbonyl (C=O) groups excluding carboxylic acids is 2. The number of nitrogens with one attached hydrogen (secondary N) is 1. The molecule has 0 unspecified atom stereocenters. The number of aliphatic carboxylic acids is 1. The molecule has 21 heavy (non-hydrogen) atoms. The maximum absolute atomic E-state index is 13.1. The first-order valence-corrected chi connectivity index (χ1v) is 6.97. The summed E-state index contributed by atoms with van der Waals surface area (Å²) in [6.45, 7) is 0. The standard InChI is InChI=1S/C14H13ClFNO4/c15-7-5-6(1-2-8(7)16)17-13(18)11-9-3-4-10(21-9)12(11)14(19)20/h1-2,5,9-12H,3-4H2,(H,17,18)(H,19,20)/p-1/t9-,10+,11+,12-/m0/s1. The van der Waals surface area contributed by atoms with Crippen molar-refractivity contribution in [3.8, 4) is 0 Å². The van der Waals surface area contributed by atoms with Crippen molar-refractivity contribution in [2.75, 3.05) is 5.32 Å². The molecule has 0 saturated carbocycles. The number of benzene rings is 1. The molecule has 2 heterocycles. The Labute approximate surface area is 125 Å². The number of carboxylic acids is 1. The van der Waals surface area contributed by atoms with E-state index in [1.54, 1.807) is 0 Å². The van der Waals surface area contributed by atoms with Gasteiger partial charge < -0.3 is 20.0 Å². The Morgan fingerprint density at radius 3 is 2.57 bits per heavy atom. The van der Waals surface area contributed by atoms with E-state index >= 15 is 0 Å². The van der Waals surface area contributed by atoms with Gasteiger partial charge >= 0.3 is 0 Å². The van der Waals surface area contributed by atoms with Gasteiger partial charge in [-0.3, -0.25) is 4.79 Å². The van der Waals surface area contributed by atoms with Crippen LogP contribution in [0.15, 0.2) is 18.2 Å². The van der Waals surface area contributed by atoms with E-state index in [0.717, 1.165) is 6.07 Å². The largest absolute Gasteiger partial charge is 0.550 e.